The van der Waals surface area contributed by atoms with E-state index in [4.69, 9.17) is 16.3 Å². The number of benzene rings is 1. The summed E-state index contributed by atoms with van der Waals surface area (Å²) in [6.45, 7) is 2.27. The molecule has 4 rings (SSSR count). The van der Waals surface area contributed by atoms with Gasteiger partial charge in [-0.2, -0.15) is 13.2 Å². The summed E-state index contributed by atoms with van der Waals surface area (Å²) in [7, 11) is 0. The molecule has 188 valence electrons. The lowest BCUT2D eigenvalue weighted by Gasteiger charge is -2.36. The number of nitrogens with one attached hydrogen (secondary N) is 1. The molecule has 3 heterocycles. The number of halogens is 6. The summed E-state index contributed by atoms with van der Waals surface area (Å²) >= 11 is 5.64. The molecular weight excluding hydrogens is 499 g/mol. The number of hydrogen-bond donors (Lipinski definition) is 1. The number of amides is 2. The van der Waals surface area contributed by atoms with Crippen LogP contribution in [0.3, 0.4) is 0 Å². The minimum Gasteiger partial charge on any atom is -0.381 e. The second-order valence-corrected chi connectivity index (χ2v) is 9.08. The summed E-state index contributed by atoms with van der Waals surface area (Å²) in [5.41, 5.74) is -1.91. The smallest absolute Gasteiger partial charge is 0.381 e. The van der Waals surface area contributed by atoms with Gasteiger partial charge in [-0.25, -0.2) is 18.7 Å². The van der Waals surface area contributed by atoms with Crippen molar-refractivity contribution in [3.05, 3.63) is 58.1 Å². The van der Waals surface area contributed by atoms with Crippen molar-refractivity contribution < 1.29 is 36.3 Å². The molecule has 7 nitrogen and oxygen atoms in total. The van der Waals surface area contributed by atoms with Crippen molar-refractivity contribution in [1.29, 1.82) is 0 Å². The fourth-order valence-corrected chi connectivity index (χ4v) is 4.37. The summed E-state index contributed by atoms with van der Waals surface area (Å²) in [4.78, 5) is 34.2. The normalized spacial score (nSPS) is 21.5. The average molecular weight is 519 g/mol. The van der Waals surface area contributed by atoms with Crippen molar-refractivity contribution in [3.8, 4) is 0 Å². The van der Waals surface area contributed by atoms with E-state index in [0.717, 1.165) is 17.0 Å². The van der Waals surface area contributed by atoms with E-state index >= 15 is 0 Å². The summed E-state index contributed by atoms with van der Waals surface area (Å²) in [5, 5.41) is 2.27. The van der Waals surface area contributed by atoms with Crippen molar-refractivity contribution in [2.75, 3.05) is 19.8 Å². The molecular formula is C22H20ClF5N4O3. The molecule has 2 aliphatic rings. The van der Waals surface area contributed by atoms with Crippen LogP contribution in [0.5, 0.6) is 0 Å². The van der Waals surface area contributed by atoms with Gasteiger partial charge in [-0.3, -0.25) is 9.59 Å². The third-order valence-electron chi connectivity index (χ3n) is 6.06. The summed E-state index contributed by atoms with van der Waals surface area (Å²) in [6, 6.07) is 0.227. The molecule has 3 atom stereocenters. The van der Waals surface area contributed by atoms with Crippen LogP contribution in [-0.2, 0) is 15.7 Å². The highest BCUT2D eigenvalue weighted by molar-refractivity contribution is 6.30. The number of likely N-dealkylation sites (tertiary alicyclic amines) is 1. The van der Waals surface area contributed by atoms with E-state index in [-0.39, 0.29) is 43.6 Å². The van der Waals surface area contributed by atoms with Crippen LogP contribution in [0, 0.1) is 23.5 Å². The molecule has 0 bridgehead atoms. The first kappa shape index (κ1) is 25.2. The Bertz CT molecular complexity index is 1140. The maximum atomic E-state index is 14.6. The number of aromatic nitrogens is 2. The van der Waals surface area contributed by atoms with Crippen molar-refractivity contribution in [2.24, 2.45) is 11.8 Å². The Morgan fingerprint density at radius 3 is 2.51 bits per heavy atom. The summed E-state index contributed by atoms with van der Waals surface area (Å²) in [6.07, 6.45) is -3.92. The van der Waals surface area contributed by atoms with Crippen LogP contribution in [0.1, 0.15) is 41.1 Å². The Kier molecular flexibility index (Phi) is 6.96. The molecule has 2 saturated heterocycles. The Morgan fingerprint density at radius 2 is 1.89 bits per heavy atom. The molecule has 35 heavy (non-hydrogen) atoms. The van der Waals surface area contributed by atoms with Gasteiger partial charge in [0, 0.05) is 24.1 Å². The molecule has 0 saturated carbocycles. The minimum absolute atomic E-state index is 0.101. The first-order valence-electron chi connectivity index (χ1n) is 10.7. The number of carbonyl (C=O) groups excluding carboxylic acids is 2. The van der Waals surface area contributed by atoms with Crippen molar-refractivity contribution in [2.45, 2.75) is 31.6 Å². The zero-order chi connectivity index (χ0) is 25.5. The third-order valence-corrected chi connectivity index (χ3v) is 6.35. The number of hydrogen-bond acceptors (Lipinski definition) is 5. The molecule has 1 aromatic heterocycles. The third kappa shape index (κ3) is 5.22. The average Bonchev–Trinajstić information content (AvgIpc) is 3.15. The first-order chi connectivity index (χ1) is 16.5. The van der Waals surface area contributed by atoms with Gasteiger partial charge >= 0.3 is 6.18 Å². The van der Waals surface area contributed by atoms with Crippen LogP contribution in [0.25, 0.3) is 0 Å². The van der Waals surface area contributed by atoms with Gasteiger partial charge in [0.1, 0.15) is 35.4 Å². The van der Waals surface area contributed by atoms with Crippen LogP contribution in [0.2, 0.25) is 5.02 Å². The predicted molar refractivity (Wildman–Crippen MR) is 112 cm³/mol. The van der Waals surface area contributed by atoms with E-state index in [1.165, 1.54) is 0 Å². The molecule has 2 fully saturated rings. The molecule has 0 unspecified atom stereocenters. The SMILES string of the molecule is C[C@@H]1C[C@H](C(=O)N[C@@H](c2cc(F)c(Cl)cc2F)C2COC2)N(C(=O)c2cc(C(F)(F)F)ncn2)C1. The van der Waals surface area contributed by atoms with E-state index in [9.17, 15) is 31.5 Å². The fraction of sp³-hybridized carbons (Fsp3) is 0.455. The molecule has 0 spiro atoms. The number of carbonyl (C=O) groups is 2. The van der Waals surface area contributed by atoms with E-state index in [1.54, 1.807) is 6.92 Å². The minimum atomic E-state index is -4.77. The standard InChI is InChI=1S/C22H20ClF5N4O3/c1-10-2-17(32(6-10)21(34)16-5-18(22(26,27)28)30-9-29-16)20(33)31-19(11-7-35-8-11)12-3-15(25)13(23)4-14(12)24/h3-5,9-11,17,19H,2,6-8H2,1H3,(H,31,33)/t10-,17-,19-/m1/s1. The Balaban J connectivity index is 1.59. The van der Waals surface area contributed by atoms with E-state index in [2.05, 4.69) is 15.3 Å². The van der Waals surface area contributed by atoms with Crippen LogP contribution in [-0.4, -0.2) is 52.5 Å². The zero-order valence-electron chi connectivity index (χ0n) is 18.3. The maximum absolute atomic E-state index is 14.6. The van der Waals surface area contributed by atoms with Gasteiger partial charge < -0.3 is 15.0 Å². The molecule has 2 aliphatic heterocycles. The van der Waals surface area contributed by atoms with E-state index in [1.807, 2.05) is 0 Å². The quantitative estimate of drug-likeness (QED) is 0.481. The molecule has 2 aromatic rings. The fourth-order valence-electron chi connectivity index (χ4n) is 4.22. The lowest BCUT2D eigenvalue weighted by Crippen LogP contribution is -2.50. The Labute approximate surface area is 201 Å². The van der Waals surface area contributed by atoms with Crippen LogP contribution >= 0.6 is 11.6 Å². The van der Waals surface area contributed by atoms with Gasteiger partial charge in [-0.05, 0) is 24.5 Å². The lowest BCUT2D eigenvalue weighted by atomic mass is 9.90. The molecule has 1 N–H and O–H groups in total. The van der Waals surface area contributed by atoms with Crippen molar-refractivity contribution in [3.63, 3.8) is 0 Å². The second-order valence-electron chi connectivity index (χ2n) is 8.67. The molecule has 0 radical (unpaired) electrons. The maximum Gasteiger partial charge on any atom is 0.433 e. The van der Waals surface area contributed by atoms with Crippen LogP contribution in [0.4, 0.5) is 22.0 Å². The molecule has 13 heteroatoms. The van der Waals surface area contributed by atoms with Crippen molar-refractivity contribution >= 4 is 23.4 Å². The topological polar surface area (TPSA) is 84.4 Å². The van der Waals surface area contributed by atoms with Gasteiger partial charge in [-0.1, -0.05) is 18.5 Å². The molecule has 0 aliphatic carbocycles. The lowest BCUT2D eigenvalue weighted by molar-refractivity contribution is -0.141. The van der Waals surface area contributed by atoms with Gasteiger partial charge in [0.25, 0.3) is 5.91 Å². The van der Waals surface area contributed by atoms with Crippen LogP contribution < -0.4 is 5.32 Å². The van der Waals surface area contributed by atoms with Gasteiger partial charge in [0.15, 0.2) is 0 Å². The number of rotatable bonds is 5. The monoisotopic (exact) mass is 518 g/mol. The second kappa shape index (κ2) is 9.65. The highest BCUT2D eigenvalue weighted by Gasteiger charge is 2.42. The highest BCUT2D eigenvalue weighted by Crippen LogP contribution is 2.34. The van der Waals surface area contributed by atoms with E-state index < -0.39 is 58.1 Å². The first-order valence-corrected chi connectivity index (χ1v) is 11.1. The van der Waals surface area contributed by atoms with Crippen molar-refractivity contribution in [1.82, 2.24) is 20.2 Å². The van der Waals surface area contributed by atoms with Gasteiger partial charge in [0.2, 0.25) is 5.91 Å². The Morgan fingerprint density at radius 1 is 1.17 bits per heavy atom. The number of nitrogens with zero attached hydrogens (tertiary/aromatic N) is 3. The largest absolute Gasteiger partial charge is 0.433 e. The summed E-state index contributed by atoms with van der Waals surface area (Å²) in [5.74, 6) is -3.70. The van der Waals surface area contributed by atoms with Gasteiger partial charge in [0.05, 0.1) is 24.3 Å². The summed E-state index contributed by atoms with van der Waals surface area (Å²) < 4.78 is 72.9. The molecule has 1 aromatic carbocycles. The zero-order valence-corrected chi connectivity index (χ0v) is 19.0. The predicted octanol–water partition coefficient (Wildman–Crippen LogP) is 3.78. The highest BCUT2D eigenvalue weighted by atomic mass is 35.5. The Hall–Kier alpha value is -2.86. The number of ether oxygens (including phenoxy) is 1. The number of alkyl halides is 3. The molecule has 2 amide bonds. The van der Waals surface area contributed by atoms with Crippen LogP contribution in [0.15, 0.2) is 24.5 Å². The van der Waals surface area contributed by atoms with Gasteiger partial charge in [-0.15, -0.1) is 0 Å². The van der Waals surface area contributed by atoms with E-state index in [0.29, 0.717) is 12.4 Å².